The Bertz CT molecular complexity index is 1820. The molecule has 0 saturated carbocycles. The SMILES string of the molecule is CN1[CH-]N2c3[c-]cc4c(oc5ccccc54)c3C(C)(C)c3cccc1c32.Cn1ccnc1-c1[c-]cccc1.[Ir+3]. The first-order valence-electron chi connectivity index (χ1n) is 12.8. The van der Waals surface area contributed by atoms with Gasteiger partial charge in [-0.05, 0) is 35.5 Å². The van der Waals surface area contributed by atoms with E-state index in [2.05, 4.69) is 90.9 Å². The fraction of sp³-hybridized carbons (Fsp3) is 0.152. The van der Waals surface area contributed by atoms with Gasteiger partial charge in [-0.2, -0.15) is 18.8 Å². The zero-order valence-corrected chi connectivity index (χ0v) is 24.6. The predicted octanol–water partition coefficient (Wildman–Crippen LogP) is 7.62. The van der Waals surface area contributed by atoms with Crippen LogP contribution < -0.4 is 9.80 Å². The van der Waals surface area contributed by atoms with Crippen molar-refractivity contribution in [1.29, 1.82) is 0 Å². The van der Waals surface area contributed by atoms with Crippen molar-refractivity contribution in [2.45, 2.75) is 19.3 Å². The van der Waals surface area contributed by atoms with Gasteiger partial charge in [0.2, 0.25) is 0 Å². The van der Waals surface area contributed by atoms with E-state index in [9.17, 15) is 0 Å². The van der Waals surface area contributed by atoms with E-state index in [0.717, 1.165) is 39.0 Å². The monoisotopic (exact) mass is 688 g/mol. The van der Waals surface area contributed by atoms with Crippen LogP contribution in [0, 0.1) is 18.8 Å². The molecule has 5 nitrogen and oxygen atoms in total. The molecular formula is C33H27IrN4O. The molecule has 4 heterocycles. The molecule has 2 aliphatic heterocycles. The standard InChI is InChI=1S/C23H18N2O.C10H9N2.Ir/c1-23(2)16-8-6-9-18-21(16)25(13-24(18)3)17-12-11-15-14-7-4-5-10-19(14)26-22(15)20(17)23;1-12-8-7-11-10(12)9-5-3-2-4-6-9;/h4-11,13H,1-3H3;2-5,7-8H,1H3;/q-2;-1;+3. The molecule has 6 heteroatoms. The predicted molar refractivity (Wildman–Crippen MR) is 153 cm³/mol. The molecule has 0 bridgehead atoms. The molecule has 2 aromatic heterocycles. The molecule has 0 spiro atoms. The zero-order valence-electron chi connectivity index (χ0n) is 22.2. The molecule has 0 unspecified atom stereocenters. The minimum atomic E-state index is -0.167. The van der Waals surface area contributed by atoms with Gasteiger partial charge in [0.25, 0.3) is 0 Å². The largest absolute Gasteiger partial charge is 3.00 e. The Hall–Kier alpha value is -3.86. The molecule has 39 heavy (non-hydrogen) atoms. The third-order valence-corrected chi connectivity index (χ3v) is 7.69. The number of hydrogen-bond acceptors (Lipinski definition) is 4. The number of fused-ring (bicyclic) bond motifs is 6. The Morgan fingerprint density at radius 1 is 0.923 bits per heavy atom. The second kappa shape index (κ2) is 9.40. The number of aryl methyl sites for hydroxylation is 1. The molecule has 8 rings (SSSR count). The van der Waals surface area contributed by atoms with E-state index < -0.39 is 0 Å². The van der Waals surface area contributed by atoms with Gasteiger partial charge in [0.15, 0.2) is 0 Å². The van der Waals surface area contributed by atoms with Crippen LogP contribution in [-0.4, -0.2) is 16.6 Å². The van der Waals surface area contributed by atoms with E-state index in [1.165, 1.54) is 22.5 Å². The molecule has 0 saturated heterocycles. The Morgan fingerprint density at radius 3 is 2.51 bits per heavy atom. The van der Waals surface area contributed by atoms with Crippen LogP contribution in [-0.2, 0) is 32.6 Å². The maximum absolute atomic E-state index is 6.36. The van der Waals surface area contributed by atoms with Crippen molar-refractivity contribution >= 4 is 39.0 Å². The molecule has 0 atom stereocenters. The van der Waals surface area contributed by atoms with E-state index >= 15 is 0 Å². The number of nitrogens with zero attached hydrogens (tertiary/aromatic N) is 4. The Morgan fingerprint density at radius 2 is 1.74 bits per heavy atom. The van der Waals surface area contributed by atoms with Crippen LogP contribution in [0.5, 0.6) is 0 Å². The maximum atomic E-state index is 6.36. The number of aromatic nitrogens is 2. The third-order valence-electron chi connectivity index (χ3n) is 7.69. The van der Waals surface area contributed by atoms with Crippen molar-refractivity contribution in [2.24, 2.45) is 7.05 Å². The zero-order chi connectivity index (χ0) is 26.0. The van der Waals surface area contributed by atoms with Gasteiger partial charge < -0.3 is 18.8 Å². The Balaban J connectivity index is 0.000000180. The van der Waals surface area contributed by atoms with Crippen molar-refractivity contribution in [3.05, 3.63) is 115 Å². The van der Waals surface area contributed by atoms with E-state index in [0.29, 0.717) is 0 Å². The number of imidazole rings is 1. The van der Waals surface area contributed by atoms with E-state index in [1.54, 1.807) is 6.20 Å². The van der Waals surface area contributed by atoms with E-state index in [1.807, 2.05) is 54.2 Å². The first-order chi connectivity index (χ1) is 18.4. The number of furan rings is 1. The quantitative estimate of drug-likeness (QED) is 0.167. The summed E-state index contributed by atoms with van der Waals surface area (Å²) < 4.78 is 8.34. The summed E-state index contributed by atoms with van der Waals surface area (Å²) >= 11 is 0. The van der Waals surface area contributed by atoms with E-state index in [4.69, 9.17) is 4.42 Å². The summed E-state index contributed by atoms with van der Waals surface area (Å²) in [5.74, 6) is 0.954. The summed E-state index contributed by atoms with van der Waals surface area (Å²) in [5.41, 5.74) is 8.90. The number of anilines is 3. The van der Waals surface area contributed by atoms with Gasteiger partial charge in [0.1, 0.15) is 5.58 Å². The third kappa shape index (κ3) is 3.82. The van der Waals surface area contributed by atoms with Crippen LogP contribution in [0.3, 0.4) is 0 Å². The molecular weight excluding hydrogens is 661 g/mol. The van der Waals surface area contributed by atoms with Crippen LogP contribution in [0.25, 0.3) is 33.3 Å². The fourth-order valence-corrected chi connectivity index (χ4v) is 5.81. The summed E-state index contributed by atoms with van der Waals surface area (Å²) in [4.78, 5) is 8.66. The van der Waals surface area contributed by atoms with Crippen molar-refractivity contribution < 1.29 is 24.5 Å². The molecule has 6 aromatic rings. The minimum absolute atomic E-state index is 0. The second-order valence-corrected chi connectivity index (χ2v) is 10.4. The Kier molecular flexibility index (Phi) is 6.13. The molecule has 0 radical (unpaired) electrons. The van der Waals surface area contributed by atoms with Gasteiger partial charge in [0, 0.05) is 36.4 Å². The van der Waals surface area contributed by atoms with Crippen LogP contribution >= 0.6 is 0 Å². The molecule has 4 aromatic carbocycles. The van der Waals surface area contributed by atoms with Crippen molar-refractivity contribution in [3.8, 4) is 11.4 Å². The molecule has 2 aliphatic rings. The van der Waals surface area contributed by atoms with Crippen LogP contribution in [0.15, 0.2) is 89.6 Å². The van der Waals surface area contributed by atoms with Gasteiger partial charge in [-0.25, -0.2) is 0 Å². The molecule has 194 valence electrons. The number of rotatable bonds is 1. The number of benzene rings is 4. The maximum Gasteiger partial charge on any atom is 3.00 e. The summed E-state index contributed by atoms with van der Waals surface area (Å²) in [6.45, 7) is 6.72. The number of para-hydroxylation sites is 2. The van der Waals surface area contributed by atoms with Gasteiger partial charge in [0.05, 0.1) is 5.82 Å². The van der Waals surface area contributed by atoms with Crippen LogP contribution in [0.1, 0.15) is 25.0 Å². The van der Waals surface area contributed by atoms with Gasteiger partial charge in [-0.3, -0.25) is 4.98 Å². The van der Waals surface area contributed by atoms with Gasteiger partial charge >= 0.3 is 20.1 Å². The Labute approximate surface area is 242 Å². The van der Waals surface area contributed by atoms with Gasteiger partial charge in [-0.1, -0.05) is 60.8 Å². The topological polar surface area (TPSA) is 37.4 Å². The minimum Gasteiger partial charge on any atom is -0.504 e. The van der Waals surface area contributed by atoms with Crippen LogP contribution in [0.4, 0.5) is 17.1 Å². The van der Waals surface area contributed by atoms with Crippen molar-refractivity contribution in [1.82, 2.24) is 9.55 Å². The average molecular weight is 688 g/mol. The van der Waals surface area contributed by atoms with Gasteiger partial charge in [-0.15, -0.1) is 35.9 Å². The van der Waals surface area contributed by atoms with Crippen LogP contribution in [0.2, 0.25) is 0 Å². The summed E-state index contributed by atoms with van der Waals surface area (Å²) in [6.07, 6.45) is 3.71. The van der Waals surface area contributed by atoms with Crippen molar-refractivity contribution in [2.75, 3.05) is 16.8 Å². The summed E-state index contributed by atoms with van der Waals surface area (Å²) in [7, 11) is 4.07. The summed E-state index contributed by atoms with van der Waals surface area (Å²) in [6, 6.07) is 31.4. The molecule has 0 fully saturated rings. The smallest absolute Gasteiger partial charge is 0.504 e. The second-order valence-electron chi connectivity index (χ2n) is 10.4. The normalized spacial score (nSPS) is 14.5. The summed E-state index contributed by atoms with van der Waals surface area (Å²) in [5, 5.41) is 2.29. The average Bonchev–Trinajstić information content (AvgIpc) is 3.63. The molecule has 0 amide bonds. The number of hydrogen-bond donors (Lipinski definition) is 0. The molecule has 0 aliphatic carbocycles. The fourth-order valence-electron chi connectivity index (χ4n) is 5.81. The molecule has 0 N–H and O–H groups in total. The van der Waals surface area contributed by atoms with E-state index in [-0.39, 0.29) is 25.5 Å². The first kappa shape index (κ1) is 25.4. The van der Waals surface area contributed by atoms with Crippen molar-refractivity contribution in [3.63, 3.8) is 0 Å². The first-order valence-corrected chi connectivity index (χ1v) is 12.8.